The summed E-state index contributed by atoms with van der Waals surface area (Å²) in [7, 11) is 0. The van der Waals surface area contributed by atoms with Crippen LogP contribution in [-0.2, 0) is 14.3 Å². The van der Waals surface area contributed by atoms with E-state index in [-0.39, 0.29) is 45.9 Å². The number of anilines is 1. The molecular weight excluding hydrogens is 476 g/mol. The monoisotopic (exact) mass is 516 g/mol. The van der Waals surface area contributed by atoms with Gasteiger partial charge in [0.25, 0.3) is 0 Å². The zero-order chi connectivity index (χ0) is 26.8. The van der Waals surface area contributed by atoms with E-state index in [0.717, 1.165) is 37.0 Å². The maximum atomic E-state index is 14.0. The normalized spacial score (nSPS) is 25.5. The number of morpholine rings is 1. The topological polar surface area (TPSA) is 87.2 Å². The fourth-order valence-corrected chi connectivity index (χ4v) is 5.82. The van der Waals surface area contributed by atoms with Crippen molar-refractivity contribution in [3.8, 4) is 11.8 Å². The number of hydrogen-bond acceptors (Lipinski definition) is 5. The van der Waals surface area contributed by atoms with Crippen LogP contribution in [0.2, 0.25) is 0 Å². The molecule has 2 amide bonds. The first kappa shape index (κ1) is 28.2. The minimum absolute atomic E-state index is 0.0362. The fraction of sp³-hybridized carbons (Fsp3) is 0.679. The number of thiophene rings is 1. The smallest absolute Gasteiger partial charge is 0.348 e. The molecule has 2 aliphatic rings. The first-order chi connectivity index (χ1) is 16.8. The van der Waals surface area contributed by atoms with Crippen molar-refractivity contribution >= 4 is 34.8 Å². The lowest BCUT2D eigenvalue weighted by Crippen LogP contribution is -2.56. The molecule has 1 saturated heterocycles. The Kier molecular flexibility index (Phi) is 8.89. The lowest BCUT2D eigenvalue weighted by molar-refractivity contribution is -0.145. The molecule has 7 nitrogen and oxygen atoms in total. The molecule has 8 heteroatoms. The number of carbonyl (C=O) groups excluding carboxylic acids is 2. The highest BCUT2D eigenvalue weighted by molar-refractivity contribution is 7.15. The molecule has 0 aromatic carbocycles. The van der Waals surface area contributed by atoms with Crippen molar-refractivity contribution in [2.24, 2.45) is 17.3 Å². The van der Waals surface area contributed by atoms with E-state index in [1.165, 1.54) is 4.90 Å². The van der Waals surface area contributed by atoms with Crippen molar-refractivity contribution in [3.05, 3.63) is 15.8 Å². The average Bonchev–Trinajstić information content (AvgIpc) is 3.21. The summed E-state index contributed by atoms with van der Waals surface area (Å²) in [6.07, 6.45) is 3.16. The Morgan fingerprint density at radius 2 is 1.69 bits per heavy atom. The predicted octanol–water partition coefficient (Wildman–Crippen LogP) is 5.03. The standard InChI is InChI=1S/C28H40N2O5S/c1-17-8-10-21(11-9-17)26(32)30(20(4)25(31)29-15-18(2)35-19(3)16-29)23-14-22(12-13-28(5,6)7)36-24(23)27(33)34/h14,17-21H,8-11,15-16H2,1-7H3,(H,33,34)/t17?,18-,19+,20-,21?/m0/s1. The zero-order valence-electron chi connectivity index (χ0n) is 22.6. The molecular formula is C28H40N2O5S. The number of aromatic carboxylic acids is 1. The van der Waals surface area contributed by atoms with Gasteiger partial charge in [0, 0.05) is 24.4 Å². The van der Waals surface area contributed by atoms with Gasteiger partial charge in [0.2, 0.25) is 11.8 Å². The van der Waals surface area contributed by atoms with Gasteiger partial charge in [0.05, 0.1) is 22.8 Å². The Hall–Kier alpha value is -2.37. The van der Waals surface area contributed by atoms with Crippen LogP contribution in [0.4, 0.5) is 5.69 Å². The van der Waals surface area contributed by atoms with Crippen LogP contribution in [0.15, 0.2) is 6.07 Å². The molecule has 1 aliphatic carbocycles. The number of carboxylic acid groups (broad SMARTS) is 1. The van der Waals surface area contributed by atoms with E-state index in [0.29, 0.717) is 23.9 Å². The summed E-state index contributed by atoms with van der Waals surface area (Å²) in [6.45, 7) is 14.6. The lowest BCUT2D eigenvalue weighted by Gasteiger charge is -2.40. The van der Waals surface area contributed by atoms with Crippen LogP contribution in [0, 0.1) is 29.1 Å². The summed E-state index contributed by atoms with van der Waals surface area (Å²) >= 11 is 1.05. The Morgan fingerprint density at radius 3 is 2.22 bits per heavy atom. The molecule has 1 aromatic rings. The van der Waals surface area contributed by atoms with Gasteiger partial charge in [-0.1, -0.05) is 18.8 Å². The Balaban J connectivity index is 2.03. The van der Waals surface area contributed by atoms with E-state index < -0.39 is 12.0 Å². The summed E-state index contributed by atoms with van der Waals surface area (Å²) in [5.74, 6) is 5.06. The fourth-order valence-electron chi connectivity index (χ4n) is 4.98. The Labute approximate surface area is 219 Å². The third-order valence-corrected chi connectivity index (χ3v) is 7.83. The summed E-state index contributed by atoms with van der Waals surface area (Å²) < 4.78 is 5.79. The van der Waals surface area contributed by atoms with Gasteiger partial charge in [-0.15, -0.1) is 11.3 Å². The molecule has 3 rings (SSSR count). The van der Waals surface area contributed by atoms with Crippen LogP contribution in [-0.4, -0.2) is 59.1 Å². The maximum absolute atomic E-state index is 14.0. The van der Waals surface area contributed by atoms with Crippen molar-refractivity contribution in [3.63, 3.8) is 0 Å². The Bertz CT molecular complexity index is 1030. The van der Waals surface area contributed by atoms with Crippen molar-refractivity contribution in [1.82, 2.24) is 4.90 Å². The summed E-state index contributed by atoms with van der Waals surface area (Å²) in [5.41, 5.74) is 0.0129. The SMILES string of the molecule is CC1CCC(C(=O)N(c2cc(C#CC(C)(C)C)sc2C(=O)O)[C@@H](C)C(=O)N2C[C@@H](C)O[C@@H](C)C2)CC1. The molecule has 1 aromatic heterocycles. The van der Waals surface area contributed by atoms with Gasteiger partial charge in [-0.3, -0.25) is 14.5 Å². The van der Waals surface area contributed by atoms with Crippen LogP contribution in [0.25, 0.3) is 0 Å². The molecule has 3 atom stereocenters. The van der Waals surface area contributed by atoms with Gasteiger partial charge in [-0.2, -0.15) is 0 Å². The average molecular weight is 517 g/mol. The highest BCUT2D eigenvalue weighted by Crippen LogP contribution is 2.36. The number of nitrogens with zero attached hydrogens (tertiary/aromatic N) is 2. The van der Waals surface area contributed by atoms with Crippen molar-refractivity contribution in [2.75, 3.05) is 18.0 Å². The molecule has 0 radical (unpaired) electrons. The molecule has 1 N–H and O–H groups in total. The van der Waals surface area contributed by atoms with E-state index in [4.69, 9.17) is 4.74 Å². The lowest BCUT2D eigenvalue weighted by atomic mass is 9.82. The number of carboxylic acids is 1. The van der Waals surface area contributed by atoms with Gasteiger partial charge >= 0.3 is 5.97 Å². The van der Waals surface area contributed by atoms with Gasteiger partial charge in [-0.25, -0.2) is 4.79 Å². The summed E-state index contributed by atoms with van der Waals surface area (Å²) in [6, 6.07) is 0.829. The van der Waals surface area contributed by atoms with E-state index in [9.17, 15) is 19.5 Å². The Morgan fingerprint density at radius 1 is 1.11 bits per heavy atom. The van der Waals surface area contributed by atoms with Gasteiger partial charge < -0.3 is 14.7 Å². The number of ether oxygens (including phenoxy) is 1. The second-order valence-electron chi connectivity index (χ2n) is 11.5. The molecule has 198 valence electrons. The van der Waals surface area contributed by atoms with Crippen molar-refractivity contribution < 1.29 is 24.2 Å². The molecule has 0 bridgehead atoms. The maximum Gasteiger partial charge on any atom is 0.348 e. The van der Waals surface area contributed by atoms with E-state index in [1.54, 1.807) is 17.9 Å². The molecule has 0 spiro atoms. The quantitative estimate of drug-likeness (QED) is 0.555. The zero-order valence-corrected chi connectivity index (χ0v) is 23.4. The van der Waals surface area contributed by atoms with Crippen molar-refractivity contribution in [2.45, 2.75) is 92.4 Å². The van der Waals surface area contributed by atoms with E-state index in [1.807, 2.05) is 34.6 Å². The first-order valence-corrected chi connectivity index (χ1v) is 13.8. The first-order valence-electron chi connectivity index (χ1n) is 12.9. The number of hydrogen-bond donors (Lipinski definition) is 1. The highest BCUT2D eigenvalue weighted by Gasteiger charge is 2.39. The van der Waals surface area contributed by atoms with Crippen molar-refractivity contribution in [1.29, 1.82) is 0 Å². The third-order valence-electron chi connectivity index (χ3n) is 6.81. The van der Waals surface area contributed by atoms with E-state index >= 15 is 0 Å². The predicted molar refractivity (Wildman–Crippen MR) is 142 cm³/mol. The largest absolute Gasteiger partial charge is 0.477 e. The minimum atomic E-state index is -1.12. The number of amides is 2. The highest BCUT2D eigenvalue weighted by atomic mass is 32.1. The van der Waals surface area contributed by atoms with E-state index in [2.05, 4.69) is 18.8 Å². The van der Waals surface area contributed by atoms with Gasteiger partial charge in [0.1, 0.15) is 10.9 Å². The summed E-state index contributed by atoms with van der Waals surface area (Å²) in [4.78, 5) is 43.7. The minimum Gasteiger partial charge on any atom is -0.477 e. The molecule has 1 saturated carbocycles. The summed E-state index contributed by atoms with van der Waals surface area (Å²) in [5, 5.41) is 10.0. The number of rotatable bonds is 5. The molecule has 2 heterocycles. The molecule has 2 fully saturated rings. The third kappa shape index (κ3) is 6.89. The molecule has 0 unspecified atom stereocenters. The van der Waals surface area contributed by atoms with Crippen LogP contribution in [0.5, 0.6) is 0 Å². The van der Waals surface area contributed by atoms with Crippen LogP contribution < -0.4 is 4.90 Å². The van der Waals surface area contributed by atoms with Crippen LogP contribution >= 0.6 is 11.3 Å². The van der Waals surface area contributed by atoms with Gasteiger partial charge in [0.15, 0.2) is 0 Å². The second-order valence-corrected chi connectivity index (χ2v) is 12.5. The van der Waals surface area contributed by atoms with Crippen LogP contribution in [0.1, 0.15) is 88.7 Å². The second kappa shape index (κ2) is 11.4. The molecule has 36 heavy (non-hydrogen) atoms. The number of carbonyl (C=O) groups is 3. The van der Waals surface area contributed by atoms with Gasteiger partial charge in [-0.05, 0) is 79.2 Å². The molecule has 1 aliphatic heterocycles. The van der Waals surface area contributed by atoms with Crippen LogP contribution in [0.3, 0.4) is 0 Å².